The Hall–Kier alpha value is -0.710. The molecule has 0 aromatic carbocycles. The lowest BCUT2D eigenvalue weighted by molar-refractivity contribution is -0.138. The maximum atomic E-state index is 12.3. The Kier molecular flexibility index (Phi) is 3.19. The molecule has 0 bridgehead atoms. The molecule has 1 aromatic heterocycles. The molecule has 13 heavy (non-hydrogen) atoms. The first-order valence-corrected chi connectivity index (χ1v) is 4.95. The van der Waals surface area contributed by atoms with E-state index in [2.05, 4.69) is 4.98 Å². The number of thioether (sulfide) groups is 1. The predicted octanol–water partition coefficient (Wildman–Crippen LogP) is 2.96. The van der Waals surface area contributed by atoms with Crippen LogP contribution >= 0.6 is 11.8 Å². The van der Waals surface area contributed by atoms with Crippen molar-refractivity contribution in [1.29, 1.82) is 0 Å². The van der Waals surface area contributed by atoms with Gasteiger partial charge in [0.2, 0.25) is 0 Å². The van der Waals surface area contributed by atoms with Gasteiger partial charge < -0.3 is 0 Å². The minimum atomic E-state index is -4.29. The summed E-state index contributed by atoms with van der Waals surface area (Å²) in [5.74, 6) is 0.287. The minimum absolute atomic E-state index is 0.0995. The Morgan fingerprint density at radius 2 is 2.15 bits per heavy atom. The molecule has 1 heterocycles. The largest absolute Gasteiger partial charge is 0.418 e. The summed E-state index contributed by atoms with van der Waals surface area (Å²) in [4.78, 5) is 3.69. The van der Waals surface area contributed by atoms with Gasteiger partial charge in [0.1, 0.15) is 0 Å². The number of halogens is 3. The highest BCUT2D eigenvalue weighted by atomic mass is 32.2. The molecule has 1 aromatic rings. The number of pyridine rings is 1. The van der Waals surface area contributed by atoms with Crippen molar-refractivity contribution in [2.24, 2.45) is 0 Å². The second kappa shape index (κ2) is 4.00. The standard InChI is InChI=1S/C8H8F3NS/c1-13-5-7-6(8(9,10)11)3-2-4-12-7/h2-4H,5H2,1H3. The Balaban J connectivity index is 3.05. The van der Waals surface area contributed by atoms with Gasteiger partial charge in [-0.1, -0.05) is 0 Å². The quantitative estimate of drug-likeness (QED) is 0.739. The summed E-state index contributed by atoms with van der Waals surface area (Å²) in [5.41, 5.74) is -0.535. The molecule has 0 fully saturated rings. The molecule has 0 amide bonds. The summed E-state index contributed by atoms with van der Waals surface area (Å²) >= 11 is 1.32. The van der Waals surface area contributed by atoms with Crippen LogP contribution < -0.4 is 0 Å². The highest BCUT2D eigenvalue weighted by molar-refractivity contribution is 7.97. The molecule has 0 aliphatic rings. The van der Waals surface area contributed by atoms with Gasteiger partial charge in [-0.15, -0.1) is 0 Å². The number of nitrogens with zero attached hydrogens (tertiary/aromatic N) is 1. The lowest BCUT2D eigenvalue weighted by Gasteiger charge is -2.09. The van der Waals surface area contributed by atoms with Crippen molar-refractivity contribution in [2.45, 2.75) is 11.9 Å². The SMILES string of the molecule is CSCc1ncccc1C(F)(F)F. The maximum Gasteiger partial charge on any atom is 0.418 e. The summed E-state index contributed by atoms with van der Waals surface area (Å²) < 4.78 is 37.0. The van der Waals surface area contributed by atoms with Crippen molar-refractivity contribution in [3.63, 3.8) is 0 Å². The molecular weight excluding hydrogens is 199 g/mol. The molecule has 0 unspecified atom stereocenters. The molecular formula is C8H8F3NS. The second-order valence-electron chi connectivity index (χ2n) is 2.43. The Morgan fingerprint density at radius 3 is 2.69 bits per heavy atom. The van der Waals surface area contributed by atoms with Gasteiger partial charge in [0.25, 0.3) is 0 Å². The molecule has 1 nitrogen and oxygen atoms in total. The fourth-order valence-corrected chi connectivity index (χ4v) is 1.45. The van der Waals surface area contributed by atoms with Crippen LogP contribution in [0.25, 0.3) is 0 Å². The number of aromatic nitrogens is 1. The molecule has 5 heteroatoms. The zero-order valence-corrected chi connectivity index (χ0v) is 7.75. The first-order valence-electron chi connectivity index (χ1n) is 3.55. The fraction of sp³-hybridized carbons (Fsp3) is 0.375. The smallest absolute Gasteiger partial charge is 0.260 e. The topological polar surface area (TPSA) is 12.9 Å². The second-order valence-corrected chi connectivity index (χ2v) is 3.29. The number of hydrogen-bond donors (Lipinski definition) is 0. The van der Waals surface area contributed by atoms with E-state index >= 15 is 0 Å². The predicted molar refractivity (Wildman–Crippen MR) is 46.5 cm³/mol. The van der Waals surface area contributed by atoms with Crippen molar-refractivity contribution in [3.05, 3.63) is 29.6 Å². The molecule has 1 rings (SSSR count). The van der Waals surface area contributed by atoms with Crippen LogP contribution in [0.4, 0.5) is 13.2 Å². The van der Waals surface area contributed by atoms with Gasteiger partial charge in [-0.25, -0.2) is 0 Å². The van der Waals surface area contributed by atoms with E-state index in [0.717, 1.165) is 6.07 Å². The number of hydrogen-bond acceptors (Lipinski definition) is 2. The average Bonchev–Trinajstić information content (AvgIpc) is 2.04. The van der Waals surface area contributed by atoms with E-state index in [1.807, 2.05) is 0 Å². The van der Waals surface area contributed by atoms with E-state index in [1.165, 1.54) is 24.0 Å². The molecule has 0 saturated carbocycles. The van der Waals surface area contributed by atoms with Crippen molar-refractivity contribution in [1.82, 2.24) is 4.98 Å². The van der Waals surface area contributed by atoms with Gasteiger partial charge in [0.15, 0.2) is 0 Å². The summed E-state index contributed by atoms with van der Waals surface area (Å²) in [6.45, 7) is 0. The van der Waals surface area contributed by atoms with E-state index in [9.17, 15) is 13.2 Å². The Labute approximate surface area is 78.4 Å². The molecule has 0 N–H and O–H groups in total. The van der Waals surface area contributed by atoms with Crippen molar-refractivity contribution in [2.75, 3.05) is 6.26 Å². The normalized spacial score (nSPS) is 11.7. The van der Waals surface area contributed by atoms with Crippen molar-refractivity contribution < 1.29 is 13.2 Å². The highest BCUT2D eigenvalue weighted by Gasteiger charge is 2.33. The van der Waals surface area contributed by atoms with Crippen LogP contribution in [0.5, 0.6) is 0 Å². The highest BCUT2D eigenvalue weighted by Crippen LogP contribution is 2.31. The molecule has 0 spiro atoms. The van der Waals surface area contributed by atoms with E-state index in [0.29, 0.717) is 0 Å². The lowest BCUT2D eigenvalue weighted by atomic mass is 10.2. The van der Waals surface area contributed by atoms with Crippen LogP contribution in [0, 0.1) is 0 Å². The zero-order valence-electron chi connectivity index (χ0n) is 6.93. The van der Waals surface area contributed by atoms with Gasteiger partial charge in [0.05, 0.1) is 11.3 Å². The molecule has 72 valence electrons. The fourth-order valence-electron chi connectivity index (χ4n) is 0.948. The van der Waals surface area contributed by atoms with Crippen molar-refractivity contribution >= 4 is 11.8 Å². The third-order valence-electron chi connectivity index (χ3n) is 1.48. The third kappa shape index (κ3) is 2.62. The Morgan fingerprint density at radius 1 is 1.46 bits per heavy atom. The van der Waals surface area contributed by atoms with Gasteiger partial charge in [-0.05, 0) is 18.4 Å². The molecule has 0 atom stereocenters. The molecule has 0 radical (unpaired) electrons. The van der Waals surface area contributed by atoms with E-state index < -0.39 is 11.7 Å². The summed E-state index contributed by atoms with van der Waals surface area (Å²) in [6.07, 6.45) is -1.17. The van der Waals surface area contributed by atoms with E-state index in [-0.39, 0.29) is 11.4 Å². The summed E-state index contributed by atoms with van der Waals surface area (Å²) in [6, 6.07) is 2.35. The number of rotatable bonds is 2. The number of alkyl halides is 3. The van der Waals surface area contributed by atoms with Crippen LogP contribution in [0.3, 0.4) is 0 Å². The monoisotopic (exact) mass is 207 g/mol. The third-order valence-corrected chi connectivity index (χ3v) is 2.04. The van der Waals surface area contributed by atoms with Crippen LogP contribution in [0.15, 0.2) is 18.3 Å². The first kappa shape index (κ1) is 10.4. The zero-order chi connectivity index (χ0) is 9.90. The van der Waals surface area contributed by atoms with Gasteiger partial charge in [-0.2, -0.15) is 24.9 Å². The minimum Gasteiger partial charge on any atom is -0.260 e. The van der Waals surface area contributed by atoms with Crippen molar-refractivity contribution in [3.8, 4) is 0 Å². The molecule has 0 aliphatic heterocycles. The van der Waals surface area contributed by atoms with Gasteiger partial charge in [-0.3, -0.25) is 4.98 Å². The van der Waals surface area contributed by atoms with E-state index in [1.54, 1.807) is 6.26 Å². The van der Waals surface area contributed by atoms with E-state index in [4.69, 9.17) is 0 Å². The summed E-state index contributed by atoms with van der Waals surface area (Å²) in [7, 11) is 0. The summed E-state index contributed by atoms with van der Waals surface area (Å²) in [5, 5.41) is 0. The lowest BCUT2D eigenvalue weighted by Crippen LogP contribution is -2.09. The van der Waals surface area contributed by atoms with Crippen LogP contribution in [-0.2, 0) is 11.9 Å². The molecule has 0 saturated heterocycles. The Bertz CT molecular complexity index is 285. The van der Waals surface area contributed by atoms with Gasteiger partial charge in [0, 0.05) is 11.9 Å². The van der Waals surface area contributed by atoms with Crippen LogP contribution in [-0.4, -0.2) is 11.2 Å². The average molecular weight is 207 g/mol. The first-order chi connectivity index (χ1) is 6.05. The van der Waals surface area contributed by atoms with Gasteiger partial charge >= 0.3 is 6.18 Å². The van der Waals surface area contributed by atoms with Crippen LogP contribution in [0.1, 0.15) is 11.3 Å². The molecule has 0 aliphatic carbocycles. The van der Waals surface area contributed by atoms with Crippen LogP contribution in [0.2, 0.25) is 0 Å². The maximum absolute atomic E-state index is 12.3.